The minimum atomic E-state index is -0.535. The fourth-order valence-corrected chi connectivity index (χ4v) is 10.0. The van der Waals surface area contributed by atoms with E-state index < -0.39 is 5.41 Å². The number of hydrogen-bond donors (Lipinski definition) is 0. The fourth-order valence-electron chi connectivity index (χ4n) is 10.0. The summed E-state index contributed by atoms with van der Waals surface area (Å²) < 4.78 is 0. The second kappa shape index (κ2) is 13.7. The van der Waals surface area contributed by atoms with E-state index in [4.69, 9.17) is 9.97 Å². The number of benzene rings is 9. The topological polar surface area (TPSA) is 49.6 Å². The number of nitrogens with zero attached hydrogens (tertiary/aromatic N) is 3. The predicted molar refractivity (Wildman–Crippen MR) is 248 cm³/mol. The molecule has 2 aliphatic rings. The molecule has 0 aliphatic heterocycles. The highest BCUT2D eigenvalue weighted by atomic mass is 14.9. The molecule has 1 aromatic heterocycles. The first-order valence-corrected chi connectivity index (χ1v) is 20.7. The molecule has 3 nitrogen and oxygen atoms in total. The first kappa shape index (κ1) is 34.8. The maximum atomic E-state index is 10.2. The second-order valence-corrected chi connectivity index (χ2v) is 16.0. The lowest BCUT2D eigenvalue weighted by Crippen LogP contribution is -2.26. The zero-order valence-electron chi connectivity index (χ0n) is 33.0. The molecule has 0 saturated heterocycles. The van der Waals surface area contributed by atoms with Crippen LogP contribution in [0.4, 0.5) is 0 Å². The van der Waals surface area contributed by atoms with E-state index in [-0.39, 0.29) is 0 Å². The van der Waals surface area contributed by atoms with Crippen LogP contribution < -0.4 is 0 Å². The highest BCUT2D eigenvalue weighted by molar-refractivity contribution is 6.00. The Kier molecular flexibility index (Phi) is 7.82. The number of hydrogen-bond acceptors (Lipinski definition) is 3. The van der Waals surface area contributed by atoms with Gasteiger partial charge in [-0.2, -0.15) is 5.26 Å². The Morgan fingerprint density at radius 2 is 0.918 bits per heavy atom. The molecule has 10 aromatic rings. The van der Waals surface area contributed by atoms with E-state index >= 15 is 0 Å². The summed E-state index contributed by atoms with van der Waals surface area (Å²) in [5, 5.41) is 12.6. The standard InChI is InChI=1S/C58H35N3/c59-36-37-27-30-49-53(31-37)58(50-24-8-6-21-47(50)48-22-7-9-25-51(48)58)52-26-12-23-46(56(49)52)43-19-10-17-41(32-43)42-18-11-20-45(34-42)57-60-54(39-14-2-1-3-15-39)35-55(61-57)44-29-28-38-13-4-5-16-40(38)33-44/h1-35H. The molecule has 0 amide bonds. The molecule has 282 valence electrons. The highest BCUT2D eigenvalue weighted by Crippen LogP contribution is 2.64. The van der Waals surface area contributed by atoms with Crippen molar-refractivity contribution in [2.75, 3.05) is 0 Å². The molecule has 0 saturated carbocycles. The van der Waals surface area contributed by atoms with Crippen molar-refractivity contribution in [3.63, 3.8) is 0 Å². The average molecular weight is 774 g/mol. The molecule has 2 aliphatic carbocycles. The van der Waals surface area contributed by atoms with Crippen molar-refractivity contribution in [1.29, 1.82) is 5.26 Å². The van der Waals surface area contributed by atoms with E-state index in [1.807, 2.05) is 12.1 Å². The molecule has 0 radical (unpaired) electrons. The SMILES string of the molecule is N#Cc1ccc2c(c1)C1(c3ccccc3-c3ccccc31)c1cccc(-c3cccc(-c4cccc(-c5nc(-c6ccccc6)cc(-c6ccc7ccccc7c6)n5)c4)c3)c1-2. The monoisotopic (exact) mass is 773 g/mol. The molecule has 0 bridgehead atoms. The van der Waals surface area contributed by atoms with Gasteiger partial charge < -0.3 is 0 Å². The van der Waals surface area contributed by atoms with Gasteiger partial charge in [0.2, 0.25) is 0 Å². The van der Waals surface area contributed by atoms with Gasteiger partial charge in [-0.1, -0.05) is 176 Å². The van der Waals surface area contributed by atoms with Crippen LogP contribution in [0.3, 0.4) is 0 Å². The normalized spacial score (nSPS) is 12.7. The third-order valence-corrected chi connectivity index (χ3v) is 12.7. The summed E-state index contributed by atoms with van der Waals surface area (Å²) in [7, 11) is 0. The van der Waals surface area contributed by atoms with Crippen molar-refractivity contribution in [2.24, 2.45) is 0 Å². The summed E-state index contributed by atoms with van der Waals surface area (Å²) in [5.41, 5.74) is 19.2. The molecule has 1 heterocycles. The summed E-state index contributed by atoms with van der Waals surface area (Å²) in [4.78, 5) is 10.4. The Morgan fingerprint density at radius 3 is 1.67 bits per heavy atom. The third kappa shape index (κ3) is 5.36. The molecule has 1 spiro atoms. The van der Waals surface area contributed by atoms with E-state index in [1.165, 1.54) is 55.3 Å². The molecule has 12 rings (SSSR count). The zero-order chi connectivity index (χ0) is 40.5. The molecule has 0 atom stereocenters. The van der Waals surface area contributed by atoms with Crippen LogP contribution in [0, 0.1) is 11.3 Å². The maximum absolute atomic E-state index is 10.2. The van der Waals surface area contributed by atoms with Crippen molar-refractivity contribution in [3.8, 4) is 84.5 Å². The second-order valence-electron chi connectivity index (χ2n) is 16.0. The maximum Gasteiger partial charge on any atom is 0.160 e. The van der Waals surface area contributed by atoms with Gasteiger partial charge >= 0.3 is 0 Å². The fraction of sp³-hybridized carbons (Fsp3) is 0.0172. The van der Waals surface area contributed by atoms with Gasteiger partial charge in [0.1, 0.15) is 0 Å². The Hall–Kier alpha value is -8.19. The van der Waals surface area contributed by atoms with Crippen LogP contribution in [0.15, 0.2) is 212 Å². The Morgan fingerprint density at radius 1 is 0.344 bits per heavy atom. The first-order valence-electron chi connectivity index (χ1n) is 20.7. The summed E-state index contributed by atoms with van der Waals surface area (Å²) >= 11 is 0. The van der Waals surface area contributed by atoms with Gasteiger partial charge in [-0.05, 0) is 114 Å². The highest BCUT2D eigenvalue weighted by Gasteiger charge is 2.52. The van der Waals surface area contributed by atoms with Gasteiger partial charge in [0.25, 0.3) is 0 Å². The van der Waals surface area contributed by atoms with E-state index in [2.05, 4.69) is 206 Å². The zero-order valence-corrected chi connectivity index (χ0v) is 33.0. The summed E-state index contributed by atoms with van der Waals surface area (Å²) in [5.74, 6) is 0.680. The van der Waals surface area contributed by atoms with Gasteiger partial charge in [-0.15, -0.1) is 0 Å². The van der Waals surface area contributed by atoms with E-state index in [0.29, 0.717) is 11.4 Å². The molecule has 3 heteroatoms. The van der Waals surface area contributed by atoms with Crippen LogP contribution in [-0.2, 0) is 5.41 Å². The smallest absolute Gasteiger partial charge is 0.160 e. The van der Waals surface area contributed by atoms with Crippen LogP contribution >= 0.6 is 0 Å². The molecule has 0 N–H and O–H groups in total. The van der Waals surface area contributed by atoms with Crippen molar-refractivity contribution < 1.29 is 0 Å². The van der Waals surface area contributed by atoms with E-state index in [9.17, 15) is 5.26 Å². The van der Waals surface area contributed by atoms with Crippen LogP contribution in [-0.4, -0.2) is 9.97 Å². The molecule has 0 unspecified atom stereocenters. The van der Waals surface area contributed by atoms with Gasteiger partial charge in [0.05, 0.1) is 28.4 Å². The third-order valence-electron chi connectivity index (χ3n) is 12.7. The van der Waals surface area contributed by atoms with Crippen LogP contribution in [0.2, 0.25) is 0 Å². The Labute approximate surface area is 354 Å². The average Bonchev–Trinajstić information content (AvgIpc) is 3.81. The van der Waals surface area contributed by atoms with Crippen molar-refractivity contribution in [1.82, 2.24) is 9.97 Å². The lowest BCUT2D eigenvalue weighted by atomic mass is 9.70. The van der Waals surface area contributed by atoms with E-state index in [0.717, 1.165) is 50.3 Å². The van der Waals surface area contributed by atoms with E-state index in [1.54, 1.807) is 0 Å². The summed E-state index contributed by atoms with van der Waals surface area (Å²) in [6.45, 7) is 0. The largest absolute Gasteiger partial charge is 0.228 e. The quantitative estimate of drug-likeness (QED) is 0.175. The van der Waals surface area contributed by atoms with Gasteiger partial charge in [0, 0.05) is 16.7 Å². The van der Waals surface area contributed by atoms with Crippen LogP contribution in [0.1, 0.15) is 27.8 Å². The van der Waals surface area contributed by atoms with Crippen LogP contribution in [0.5, 0.6) is 0 Å². The first-order chi connectivity index (χ1) is 30.2. The number of aromatic nitrogens is 2. The Balaban J connectivity index is 0.996. The van der Waals surface area contributed by atoms with Crippen molar-refractivity contribution in [3.05, 3.63) is 240 Å². The predicted octanol–water partition coefficient (Wildman–Crippen LogP) is 14.2. The molecule has 0 fully saturated rings. The lowest BCUT2D eigenvalue weighted by Gasteiger charge is -2.30. The summed E-state index contributed by atoms with van der Waals surface area (Å²) in [6, 6.07) is 77.9. The minimum absolute atomic E-state index is 0.535. The Bertz CT molecular complexity index is 3400. The number of nitriles is 1. The molecule has 61 heavy (non-hydrogen) atoms. The van der Waals surface area contributed by atoms with Gasteiger partial charge in [-0.3, -0.25) is 0 Å². The molecular formula is C58H35N3. The van der Waals surface area contributed by atoms with Gasteiger partial charge in [0.15, 0.2) is 5.82 Å². The number of rotatable bonds is 5. The van der Waals surface area contributed by atoms with Crippen LogP contribution in [0.25, 0.3) is 89.2 Å². The lowest BCUT2D eigenvalue weighted by molar-refractivity contribution is 0.793. The summed E-state index contributed by atoms with van der Waals surface area (Å²) in [6.07, 6.45) is 0. The molecule has 9 aromatic carbocycles. The van der Waals surface area contributed by atoms with Gasteiger partial charge in [-0.25, -0.2) is 9.97 Å². The van der Waals surface area contributed by atoms with Crippen molar-refractivity contribution in [2.45, 2.75) is 5.41 Å². The minimum Gasteiger partial charge on any atom is -0.228 e. The number of fused-ring (bicyclic) bond motifs is 11. The molecular weight excluding hydrogens is 739 g/mol. The van der Waals surface area contributed by atoms with Crippen molar-refractivity contribution >= 4 is 10.8 Å².